The Kier molecular flexibility index (Phi) is 5.85. The maximum absolute atomic E-state index is 12.5. The standard InChI is InChI=1S/C14H21N3O4S2/c1-10(2)7-17(11-4-6-23(20,21)9-11)13(19)8-22-14-15-5-3-12(18)16-14/h3,5,10-11H,4,6-9H2,1-2H3,(H,15,16,18)/t11-/m0/s1. The van der Waals surface area contributed by atoms with Crippen molar-refractivity contribution in [3.63, 3.8) is 0 Å². The monoisotopic (exact) mass is 359 g/mol. The van der Waals surface area contributed by atoms with Crippen LogP contribution in [0.25, 0.3) is 0 Å². The Hall–Kier alpha value is -1.35. The van der Waals surface area contributed by atoms with Crippen molar-refractivity contribution in [3.8, 4) is 0 Å². The summed E-state index contributed by atoms with van der Waals surface area (Å²) in [4.78, 5) is 32.0. The number of nitrogens with one attached hydrogen (secondary N) is 1. The summed E-state index contributed by atoms with van der Waals surface area (Å²) in [6.45, 7) is 4.51. The molecule has 0 unspecified atom stereocenters. The van der Waals surface area contributed by atoms with Crippen LogP contribution >= 0.6 is 11.8 Å². The smallest absolute Gasteiger partial charge is 0.251 e. The Morgan fingerprint density at radius 3 is 2.83 bits per heavy atom. The molecular formula is C14H21N3O4S2. The fourth-order valence-electron chi connectivity index (χ4n) is 2.51. The second-order valence-electron chi connectivity index (χ2n) is 6.02. The molecule has 9 heteroatoms. The van der Waals surface area contributed by atoms with Gasteiger partial charge in [0.1, 0.15) is 0 Å². The fourth-order valence-corrected chi connectivity index (χ4v) is 4.97. The van der Waals surface area contributed by atoms with E-state index < -0.39 is 9.84 Å². The quantitative estimate of drug-likeness (QED) is 0.587. The minimum Gasteiger partial charge on any atom is -0.338 e. The lowest BCUT2D eigenvalue weighted by molar-refractivity contribution is -0.130. The predicted octanol–water partition coefficient (Wildman–Crippen LogP) is 0.534. The third-order valence-electron chi connectivity index (χ3n) is 3.51. The lowest BCUT2D eigenvalue weighted by atomic mass is 10.1. The maximum Gasteiger partial charge on any atom is 0.251 e. The van der Waals surface area contributed by atoms with E-state index in [1.807, 2.05) is 13.8 Å². The van der Waals surface area contributed by atoms with E-state index in [2.05, 4.69) is 9.97 Å². The zero-order valence-corrected chi connectivity index (χ0v) is 14.8. The number of aromatic nitrogens is 2. The van der Waals surface area contributed by atoms with Crippen LogP contribution in [0.4, 0.5) is 0 Å². The SMILES string of the molecule is CC(C)CN(C(=O)CSc1nccc(=O)[nH]1)[C@H]1CCS(=O)(=O)C1. The van der Waals surface area contributed by atoms with Crippen LogP contribution < -0.4 is 5.56 Å². The van der Waals surface area contributed by atoms with Crippen LogP contribution in [0.5, 0.6) is 0 Å². The van der Waals surface area contributed by atoms with Gasteiger partial charge in [-0.15, -0.1) is 0 Å². The summed E-state index contributed by atoms with van der Waals surface area (Å²) in [5.74, 6) is 0.423. The summed E-state index contributed by atoms with van der Waals surface area (Å²) in [7, 11) is -3.04. The van der Waals surface area contributed by atoms with Crippen molar-refractivity contribution in [2.24, 2.45) is 5.92 Å². The molecule has 1 N–H and O–H groups in total. The molecule has 1 aromatic heterocycles. The third-order valence-corrected chi connectivity index (χ3v) is 6.13. The van der Waals surface area contributed by atoms with E-state index >= 15 is 0 Å². The number of carbonyl (C=O) groups excluding carboxylic acids is 1. The first-order valence-electron chi connectivity index (χ1n) is 7.45. The van der Waals surface area contributed by atoms with Crippen molar-refractivity contribution in [1.29, 1.82) is 0 Å². The van der Waals surface area contributed by atoms with E-state index in [0.717, 1.165) is 11.8 Å². The van der Waals surface area contributed by atoms with Gasteiger partial charge in [0, 0.05) is 24.8 Å². The summed E-state index contributed by atoms with van der Waals surface area (Å²) in [5, 5.41) is 0.384. The highest BCUT2D eigenvalue weighted by Crippen LogP contribution is 2.21. The summed E-state index contributed by atoms with van der Waals surface area (Å²) < 4.78 is 23.4. The van der Waals surface area contributed by atoms with Crippen molar-refractivity contribution in [1.82, 2.24) is 14.9 Å². The molecule has 2 heterocycles. The molecule has 128 valence electrons. The highest BCUT2D eigenvalue weighted by atomic mass is 32.2. The van der Waals surface area contributed by atoms with Crippen LogP contribution in [-0.4, -0.2) is 59.0 Å². The molecule has 0 radical (unpaired) electrons. The number of sulfone groups is 1. The number of H-pyrrole nitrogens is 1. The molecule has 0 saturated carbocycles. The summed E-state index contributed by atoms with van der Waals surface area (Å²) in [5.41, 5.74) is -0.268. The fraction of sp³-hybridized carbons (Fsp3) is 0.643. The van der Waals surface area contributed by atoms with Crippen molar-refractivity contribution in [3.05, 3.63) is 22.6 Å². The van der Waals surface area contributed by atoms with Crippen LogP contribution in [0.1, 0.15) is 20.3 Å². The third kappa shape index (κ3) is 5.35. The van der Waals surface area contributed by atoms with Gasteiger partial charge in [0.05, 0.1) is 17.3 Å². The van der Waals surface area contributed by atoms with Crippen molar-refractivity contribution >= 4 is 27.5 Å². The lowest BCUT2D eigenvalue weighted by Crippen LogP contribution is -2.44. The maximum atomic E-state index is 12.5. The van der Waals surface area contributed by atoms with Crippen LogP contribution in [0.15, 0.2) is 22.2 Å². The normalized spacial score (nSPS) is 19.9. The van der Waals surface area contributed by atoms with Gasteiger partial charge in [-0.05, 0) is 12.3 Å². The van der Waals surface area contributed by atoms with Crippen LogP contribution in [0, 0.1) is 5.92 Å². The number of hydrogen-bond acceptors (Lipinski definition) is 6. The Morgan fingerprint density at radius 2 is 2.26 bits per heavy atom. The molecule has 0 aliphatic carbocycles. The molecule has 1 amide bonds. The molecule has 1 atom stereocenters. The van der Waals surface area contributed by atoms with Crippen LogP contribution in [0.2, 0.25) is 0 Å². The lowest BCUT2D eigenvalue weighted by Gasteiger charge is -2.29. The van der Waals surface area contributed by atoms with Crippen molar-refractivity contribution in [2.45, 2.75) is 31.5 Å². The molecule has 7 nitrogen and oxygen atoms in total. The molecule has 0 bridgehead atoms. The number of carbonyl (C=O) groups is 1. The summed E-state index contributed by atoms with van der Waals surface area (Å²) >= 11 is 1.15. The molecule has 2 rings (SSSR count). The molecule has 1 aromatic rings. The van der Waals surface area contributed by atoms with Gasteiger partial charge in [0.25, 0.3) is 5.56 Å². The first kappa shape index (κ1) is 18.0. The van der Waals surface area contributed by atoms with Gasteiger partial charge in [-0.1, -0.05) is 25.6 Å². The van der Waals surface area contributed by atoms with Crippen LogP contribution in [0.3, 0.4) is 0 Å². The number of nitrogens with zero attached hydrogens (tertiary/aromatic N) is 2. The summed E-state index contributed by atoms with van der Waals surface area (Å²) in [6.07, 6.45) is 1.88. The number of thioether (sulfide) groups is 1. The molecule has 1 aliphatic heterocycles. The van der Waals surface area contributed by atoms with Gasteiger partial charge in [-0.3, -0.25) is 9.59 Å². The predicted molar refractivity (Wildman–Crippen MR) is 89.2 cm³/mol. The highest BCUT2D eigenvalue weighted by Gasteiger charge is 2.34. The highest BCUT2D eigenvalue weighted by molar-refractivity contribution is 7.99. The average Bonchev–Trinajstić information content (AvgIpc) is 2.82. The topological polar surface area (TPSA) is 100 Å². The molecular weight excluding hydrogens is 338 g/mol. The Balaban J connectivity index is 2.03. The molecule has 23 heavy (non-hydrogen) atoms. The summed E-state index contributed by atoms with van der Waals surface area (Å²) in [6, 6.07) is 1.05. The van der Waals surface area contributed by atoms with Crippen molar-refractivity contribution in [2.75, 3.05) is 23.8 Å². The first-order chi connectivity index (χ1) is 10.8. The number of aromatic amines is 1. The van der Waals surface area contributed by atoms with Gasteiger partial charge in [0.15, 0.2) is 15.0 Å². The zero-order valence-electron chi connectivity index (χ0n) is 13.2. The average molecular weight is 359 g/mol. The van der Waals surface area contributed by atoms with E-state index in [4.69, 9.17) is 0 Å². The van der Waals surface area contributed by atoms with E-state index in [1.165, 1.54) is 12.3 Å². The van der Waals surface area contributed by atoms with E-state index in [9.17, 15) is 18.0 Å². The molecule has 0 aromatic carbocycles. The number of amides is 1. The van der Waals surface area contributed by atoms with Gasteiger partial charge < -0.3 is 9.88 Å². The molecule has 1 saturated heterocycles. The van der Waals surface area contributed by atoms with Crippen LogP contribution in [-0.2, 0) is 14.6 Å². The Labute approximate surface area is 139 Å². The minimum atomic E-state index is -3.04. The minimum absolute atomic E-state index is 0.0382. The molecule has 0 spiro atoms. The van der Waals surface area contributed by atoms with Gasteiger partial charge >= 0.3 is 0 Å². The van der Waals surface area contributed by atoms with Gasteiger partial charge in [0.2, 0.25) is 5.91 Å². The molecule has 1 fully saturated rings. The second kappa shape index (κ2) is 7.48. The Bertz CT molecular complexity index is 715. The van der Waals surface area contributed by atoms with Gasteiger partial charge in [-0.25, -0.2) is 13.4 Å². The van der Waals surface area contributed by atoms with Gasteiger partial charge in [-0.2, -0.15) is 0 Å². The zero-order chi connectivity index (χ0) is 17.0. The number of hydrogen-bond donors (Lipinski definition) is 1. The van der Waals surface area contributed by atoms with E-state index in [-0.39, 0.29) is 40.7 Å². The largest absolute Gasteiger partial charge is 0.338 e. The van der Waals surface area contributed by atoms with E-state index in [1.54, 1.807) is 4.90 Å². The van der Waals surface area contributed by atoms with Crippen molar-refractivity contribution < 1.29 is 13.2 Å². The van der Waals surface area contributed by atoms with E-state index in [0.29, 0.717) is 18.1 Å². The first-order valence-corrected chi connectivity index (χ1v) is 10.3. The Morgan fingerprint density at radius 1 is 1.52 bits per heavy atom. The molecule has 1 aliphatic rings. The second-order valence-corrected chi connectivity index (χ2v) is 9.22. The number of rotatable bonds is 6.